The first-order valence-corrected chi connectivity index (χ1v) is 5.20. The van der Waals surface area contributed by atoms with E-state index in [1.165, 1.54) is 24.5 Å². The van der Waals surface area contributed by atoms with Crippen molar-refractivity contribution in [3.8, 4) is 0 Å². The van der Waals surface area contributed by atoms with Crippen molar-refractivity contribution in [1.29, 1.82) is 0 Å². The summed E-state index contributed by atoms with van der Waals surface area (Å²) in [6, 6.07) is 4.46. The molecule has 110 valence electrons. The molecule has 0 saturated heterocycles. The molecule has 2 heterocycles. The number of carboxylic acids is 2. The number of hydrogen-bond donors (Lipinski definition) is 2. The fourth-order valence-electron chi connectivity index (χ4n) is 1.14. The number of H-pyrrole nitrogens is 2. The van der Waals surface area contributed by atoms with Gasteiger partial charge in [0.05, 0.1) is 11.9 Å². The predicted octanol–water partition coefficient (Wildman–Crippen LogP) is -2.53. The van der Waals surface area contributed by atoms with Gasteiger partial charge < -0.3 is 29.8 Å². The Morgan fingerprint density at radius 2 is 1.14 bits per heavy atom. The van der Waals surface area contributed by atoms with E-state index in [2.05, 4.69) is 9.97 Å². The van der Waals surface area contributed by atoms with Crippen molar-refractivity contribution in [3.05, 3.63) is 68.5 Å². The van der Waals surface area contributed by atoms with E-state index < -0.39 is 23.1 Å². The molecule has 0 aliphatic heterocycles. The van der Waals surface area contributed by atoms with Gasteiger partial charge in [0.15, 0.2) is 0 Å². The summed E-state index contributed by atoms with van der Waals surface area (Å²) in [5.74, 6) is -2.68. The molecule has 2 aromatic heterocycles. The van der Waals surface area contributed by atoms with E-state index in [1.54, 1.807) is 0 Å². The second-order valence-electron chi connectivity index (χ2n) is 3.46. The van der Waals surface area contributed by atoms with Crippen molar-refractivity contribution in [2.45, 2.75) is 0 Å². The monoisotopic (exact) mass is 332 g/mol. The normalized spacial score (nSPS) is 8.76. The smallest absolute Gasteiger partial charge is 0.545 e. The Labute approximate surface area is 127 Å². The van der Waals surface area contributed by atoms with Crippen LogP contribution in [0.1, 0.15) is 20.7 Å². The van der Waals surface area contributed by atoms with Gasteiger partial charge >= 0.3 is 17.1 Å². The Balaban J connectivity index is 0.000000364. The second-order valence-corrected chi connectivity index (χ2v) is 3.46. The molecule has 0 unspecified atom stereocenters. The standard InChI is InChI=1S/2C6H5NO3.Fe/c2*8-5-3-4(6(9)10)1-2-7-5;/h2*1-3H,(H,7,8)(H,9,10);/q;;+2/p-2. The summed E-state index contributed by atoms with van der Waals surface area (Å²) in [6.45, 7) is 0. The van der Waals surface area contributed by atoms with E-state index in [0.717, 1.165) is 12.1 Å². The van der Waals surface area contributed by atoms with Crippen LogP contribution in [-0.4, -0.2) is 21.9 Å². The van der Waals surface area contributed by atoms with E-state index >= 15 is 0 Å². The van der Waals surface area contributed by atoms with Gasteiger partial charge in [0, 0.05) is 35.7 Å². The number of carboxylic acid groups (broad SMARTS) is 2. The third-order valence-corrected chi connectivity index (χ3v) is 2.02. The van der Waals surface area contributed by atoms with Crippen LogP contribution in [0.2, 0.25) is 0 Å². The van der Waals surface area contributed by atoms with Crippen LogP contribution in [0.25, 0.3) is 0 Å². The third-order valence-electron chi connectivity index (χ3n) is 2.02. The first-order chi connectivity index (χ1) is 9.40. The maximum atomic E-state index is 10.4. The Morgan fingerprint density at radius 3 is 1.33 bits per heavy atom. The van der Waals surface area contributed by atoms with Gasteiger partial charge in [-0.15, -0.1) is 0 Å². The first kappa shape index (κ1) is 18.4. The zero-order chi connectivity index (χ0) is 15.1. The van der Waals surface area contributed by atoms with Crippen LogP contribution in [0.4, 0.5) is 0 Å². The average Bonchev–Trinajstić information content (AvgIpc) is 2.39. The Hall–Kier alpha value is -2.64. The van der Waals surface area contributed by atoms with E-state index in [9.17, 15) is 29.4 Å². The number of aromatic nitrogens is 2. The molecule has 0 aliphatic rings. The van der Waals surface area contributed by atoms with Crippen LogP contribution < -0.4 is 21.3 Å². The van der Waals surface area contributed by atoms with Gasteiger partial charge in [-0.2, -0.15) is 0 Å². The van der Waals surface area contributed by atoms with E-state index in [-0.39, 0.29) is 28.2 Å². The third kappa shape index (κ3) is 6.37. The second kappa shape index (κ2) is 8.51. The summed E-state index contributed by atoms with van der Waals surface area (Å²) in [4.78, 5) is 45.6. The molecule has 2 rings (SSSR count). The number of aromatic carboxylic acids is 2. The zero-order valence-corrected chi connectivity index (χ0v) is 11.4. The maximum absolute atomic E-state index is 10.4. The number of hydrogen-bond acceptors (Lipinski definition) is 6. The Kier molecular flexibility index (Phi) is 7.44. The predicted molar refractivity (Wildman–Crippen MR) is 62.8 cm³/mol. The van der Waals surface area contributed by atoms with E-state index in [1.807, 2.05) is 0 Å². The Morgan fingerprint density at radius 1 is 0.810 bits per heavy atom. The summed E-state index contributed by atoms with van der Waals surface area (Å²) in [6.07, 6.45) is 2.51. The van der Waals surface area contributed by atoms with Crippen LogP contribution in [0.5, 0.6) is 0 Å². The topological polar surface area (TPSA) is 146 Å². The summed E-state index contributed by atoms with van der Waals surface area (Å²) >= 11 is 0. The molecule has 0 aliphatic carbocycles. The summed E-state index contributed by atoms with van der Waals surface area (Å²) < 4.78 is 0. The van der Waals surface area contributed by atoms with Crippen LogP contribution in [0.3, 0.4) is 0 Å². The van der Waals surface area contributed by atoms with Crippen molar-refractivity contribution in [2.75, 3.05) is 0 Å². The van der Waals surface area contributed by atoms with Crippen molar-refractivity contribution in [1.82, 2.24) is 9.97 Å². The SMILES string of the molecule is O=C([O-])c1cc[nH]c(=O)c1.O=C([O-])c1cc[nH]c(=O)c1.[Fe+2]. The van der Waals surface area contributed by atoms with E-state index in [0.29, 0.717) is 0 Å². The molecule has 0 saturated carbocycles. The van der Waals surface area contributed by atoms with Crippen LogP contribution in [0.15, 0.2) is 46.2 Å². The molecule has 21 heavy (non-hydrogen) atoms. The van der Waals surface area contributed by atoms with Gasteiger partial charge in [0.25, 0.3) is 0 Å². The van der Waals surface area contributed by atoms with Gasteiger partial charge in [-0.05, 0) is 12.1 Å². The number of carbonyl (C=O) groups is 2. The molecule has 8 nitrogen and oxygen atoms in total. The molecule has 2 N–H and O–H groups in total. The minimum absolute atomic E-state index is 0. The molecule has 0 spiro atoms. The largest absolute Gasteiger partial charge is 2.00 e. The Bertz CT molecular complexity index is 673. The zero-order valence-electron chi connectivity index (χ0n) is 10.3. The summed E-state index contributed by atoms with van der Waals surface area (Å²) in [5, 5.41) is 20.2. The fraction of sp³-hybridized carbons (Fsp3) is 0. The van der Waals surface area contributed by atoms with Crippen LogP contribution >= 0.6 is 0 Å². The fourth-order valence-corrected chi connectivity index (χ4v) is 1.14. The van der Waals surface area contributed by atoms with Crippen LogP contribution in [0, 0.1) is 0 Å². The number of carbonyl (C=O) groups excluding carboxylic acids is 2. The molecule has 0 radical (unpaired) electrons. The number of rotatable bonds is 2. The molecular weight excluding hydrogens is 324 g/mol. The van der Waals surface area contributed by atoms with Crippen molar-refractivity contribution in [3.63, 3.8) is 0 Å². The maximum Gasteiger partial charge on any atom is 2.00 e. The molecular formula is C12H8FeN2O6. The first-order valence-electron chi connectivity index (χ1n) is 5.20. The van der Waals surface area contributed by atoms with Crippen molar-refractivity contribution >= 4 is 11.9 Å². The van der Waals surface area contributed by atoms with Crippen molar-refractivity contribution < 1.29 is 36.9 Å². The average molecular weight is 332 g/mol. The van der Waals surface area contributed by atoms with Gasteiger partial charge in [-0.1, -0.05) is 0 Å². The van der Waals surface area contributed by atoms with Gasteiger partial charge in [-0.3, -0.25) is 9.59 Å². The molecule has 0 amide bonds. The number of pyridine rings is 2. The molecule has 2 aromatic rings. The number of aromatic amines is 2. The van der Waals surface area contributed by atoms with E-state index in [4.69, 9.17) is 0 Å². The minimum Gasteiger partial charge on any atom is -0.545 e. The van der Waals surface area contributed by atoms with Crippen molar-refractivity contribution in [2.24, 2.45) is 0 Å². The number of nitrogens with one attached hydrogen (secondary N) is 2. The minimum atomic E-state index is -1.34. The molecule has 0 fully saturated rings. The summed E-state index contributed by atoms with van der Waals surface area (Å²) in [7, 11) is 0. The molecule has 0 aromatic carbocycles. The molecule has 0 atom stereocenters. The van der Waals surface area contributed by atoms with Crippen LogP contribution in [-0.2, 0) is 17.1 Å². The van der Waals surface area contributed by atoms with Gasteiger partial charge in [0.1, 0.15) is 0 Å². The summed E-state index contributed by atoms with van der Waals surface area (Å²) in [5.41, 5.74) is -1.10. The quantitative estimate of drug-likeness (QED) is 0.580. The van der Waals surface area contributed by atoms with Gasteiger partial charge in [-0.25, -0.2) is 0 Å². The molecule has 9 heteroatoms. The van der Waals surface area contributed by atoms with Gasteiger partial charge in [0.2, 0.25) is 11.1 Å². The molecule has 0 bridgehead atoms.